The number of benzene rings is 1. The number of nitrogens with two attached hydrogens (primary N) is 1. The molecule has 0 unspecified atom stereocenters. The third-order valence-corrected chi connectivity index (χ3v) is 3.77. The Morgan fingerprint density at radius 2 is 2.14 bits per heavy atom. The number of nitrogen functional groups attached to an aromatic ring is 1. The molecule has 14 heavy (non-hydrogen) atoms. The molecule has 2 N–H and O–H groups in total. The zero-order chi connectivity index (χ0) is 10.1. The Labute approximate surface area is 107 Å². The number of anilines is 1. The van der Waals surface area contributed by atoms with E-state index in [9.17, 15) is 0 Å². The molecule has 1 aromatic carbocycles. The molecule has 0 aliphatic carbocycles. The summed E-state index contributed by atoms with van der Waals surface area (Å²) in [7, 11) is 0. The molecule has 0 aliphatic heterocycles. The second kappa shape index (κ2) is 4.11. The minimum atomic E-state index is 0.499. The van der Waals surface area contributed by atoms with Gasteiger partial charge in [-0.25, -0.2) is 0 Å². The summed E-state index contributed by atoms with van der Waals surface area (Å²) in [6.45, 7) is 0. The summed E-state index contributed by atoms with van der Waals surface area (Å²) in [4.78, 5) is 0. The van der Waals surface area contributed by atoms with E-state index in [-0.39, 0.29) is 0 Å². The molecule has 0 atom stereocenters. The molecule has 2 rings (SSSR count). The molecule has 0 amide bonds. The van der Waals surface area contributed by atoms with Crippen molar-refractivity contribution in [1.29, 1.82) is 0 Å². The van der Waals surface area contributed by atoms with Gasteiger partial charge in [-0.1, -0.05) is 27.3 Å². The van der Waals surface area contributed by atoms with Crippen LogP contribution in [0.4, 0.5) is 5.13 Å². The lowest BCUT2D eigenvalue weighted by atomic mass is 10.2. The van der Waals surface area contributed by atoms with Crippen molar-refractivity contribution in [3.63, 3.8) is 0 Å². The minimum Gasteiger partial charge on any atom is -0.374 e. The Balaban J connectivity index is 2.52. The Morgan fingerprint density at radius 3 is 2.71 bits per heavy atom. The van der Waals surface area contributed by atoms with Gasteiger partial charge in [0, 0.05) is 13.6 Å². The molecule has 0 spiro atoms. The molecule has 0 fully saturated rings. The van der Waals surface area contributed by atoms with Gasteiger partial charge in [0.25, 0.3) is 0 Å². The van der Waals surface area contributed by atoms with Crippen molar-refractivity contribution >= 4 is 55.0 Å². The predicted molar refractivity (Wildman–Crippen MR) is 70.2 cm³/mol. The quantitative estimate of drug-likeness (QED) is 0.772. The Morgan fingerprint density at radius 1 is 1.36 bits per heavy atom. The van der Waals surface area contributed by atoms with Gasteiger partial charge in [0.1, 0.15) is 0 Å². The number of hydrogen-bond donors (Lipinski definition) is 1. The van der Waals surface area contributed by atoms with Crippen molar-refractivity contribution in [2.24, 2.45) is 0 Å². The highest BCUT2D eigenvalue weighted by atomic mass is 127. The van der Waals surface area contributed by atoms with Gasteiger partial charge in [-0.05, 0) is 40.8 Å². The van der Waals surface area contributed by atoms with Crippen LogP contribution in [0.2, 0.25) is 0 Å². The van der Waals surface area contributed by atoms with Crippen LogP contribution in [0.3, 0.4) is 0 Å². The fraction of sp³-hybridized carbons (Fsp3) is 0. The molecular weight excluding hydrogens is 377 g/mol. The molecule has 1 heterocycles. The van der Waals surface area contributed by atoms with Crippen LogP contribution in [0, 0.1) is 3.57 Å². The van der Waals surface area contributed by atoms with Crippen LogP contribution >= 0.6 is 49.9 Å². The lowest BCUT2D eigenvalue weighted by Crippen LogP contribution is -1.82. The van der Waals surface area contributed by atoms with E-state index >= 15 is 0 Å². The van der Waals surface area contributed by atoms with Crippen LogP contribution in [0.25, 0.3) is 10.6 Å². The number of aromatic nitrogens is 2. The average molecular weight is 382 g/mol. The summed E-state index contributed by atoms with van der Waals surface area (Å²) in [5, 5.41) is 9.15. The van der Waals surface area contributed by atoms with Gasteiger partial charge in [-0.3, -0.25) is 0 Å². The smallest absolute Gasteiger partial charge is 0.203 e. The Hall–Kier alpha value is -0.210. The van der Waals surface area contributed by atoms with Crippen molar-refractivity contribution in [2.75, 3.05) is 5.73 Å². The molecule has 6 heteroatoms. The van der Waals surface area contributed by atoms with E-state index in [1.807, 2.05) is 18.2 Å². The third kappa shape index (κ3) is 2.06. The lowest BCUT2D eigenvalue weighted by molar-refractivity contribution is 1.10. The molecule has 3 nitrogen and oxygen atoms in total. The number of hydrogen-bond acceptors (Lipinski definition) is 4. The van der Waals surface area contributed by atoms with Crippen molar-refractivity contribution in [3.8, 4) is 10.6 Å². The first kappa shape index (κ1) is 10.3. The summed E-state index contributed by atoms with van der Waals surface area (Å²) >= 11 is 7.08. The topological polar surface area (TPSA) is 51.8 Å². The summed E-state index contributed by atoms with van der Waals surface area (Å²) < 4.78 is 2.19. The third-order valence-electron chi connectivity index (χ3n) is 1.60. The van der Waals surface area contributed by atoms with Crippen LogP contribution in [0.15, 0.2) is 22.7 Å². The first-order chi connectivity index (χ1) is 6.66. The largest absolute Gasteiger partial charge is 0.374 e. The van der Waals surface area contributed by atoms with Gasteiger partial charge in [0.2, 0.25) is 5.13 Å². The fourth-order valence-electron chi connectivity index (χ4n) is 1.01. The van der Waals surface area contributed by atoms with Crippen LogP contribution in [0.5, 0.6) is 0 Å². The van der Waals surface area contributed by atoms with Crippen molar-refractivity contribution < 1.29 is 0 Å². The van der Waals surface area contributed by atoms with Crippen molar-refractivity contribution in [3.05, 3.63) is 26.2 Å². The SMILES string of the molecule is Nc1nnc(-c2ccc(Br)cc2I)s1. The monoisotopic (exact) mass is 381 g/mol. The highest BCUT2D eigenvalue weighted by molar-refractivity contribution is 14.1. The summed E-state index contributed by atoms with van der Waals surface area (Å²) in [5.41, 5.74) is 6.60. The van der Waals surface area contributed by atoms with Gasteiger partial charge < -0.3 is 5.73 Å². The van der Waals surface area contributed by atoms with Crippen LogP contribution in [-0.4, -0.2) is 10.2 Å². The van der Waals surface area contributed by atoms with Gasteiger partial charge in [-0.15, -0.1) is 10.2 Å². The molecule has 0 bridgehead atoms. The van der Waals surface area contributed by atoms with E-state index in [0.29, 0.717) is 5.13 Å². The fourth-order valence-corrected chi connectivity index (χ4v) is 3.40. The van der Waals surface area contributed by atoms with Gasteiger partial charge in [0.05, 0.1) is 0 Å². The first-order valence-electron chi connectivity index (χ1n) is 3.71. The maximum absolute atomic E-state index is 5.53. The van der Waals surface area contributed by atoms with E-state index in [1.54, 1.807) is 0 Å². The maximum atomic E-state index is 5.53. The molecule has 0 saturated carbocycles. The van der Waals surface area contributed by atoms with Gasteiger partial charge in [-0.2, -0.15) is 0 Å². The summed E-state index contributed by atoms with van der Waals surface area (Å²) in [5.74, 6) is 0. The number of rotatable bonds is 1. The molecule has 2 aromatic rings. The normalized spacial score (nSPS) is 10.4. The lowest BCUT2D eigenvalue weighted by Gasteiger charge is -1.99. The molecule has 1 aromatic heterocycles. The van der Waals surface area contributed by atoms with Crippen LogP contribution < -0.4 is 5.73 Å². The van der Waals surface area contributed by atoms with Gasteiger partial charge >= 0.3 is 0 Å². The highest BCUT2D eigenvalue weighted by Gasteiger charge is 2.08. The highest BCUT2D eigenvalue weighted by Crippen LogP contribution is 2.30. The molecular formula is C8H5BrIN3S. The van der Waals surface area contributed by atoms with Crippen molar-refractivity contribution in [2.45, 2.75) is 0 Å². The first-order valence-corrected chi connectivity index (χ1v) is 6.40. The molecule has 0 aliphatic rings. The van der Waals surface area contributed by atoms with E-state index in [1.165, 1.54) is 11.3 Å². The summed E-state index contributed by atoms with van der Waals surface area (Å²) in [6, 6.07) is 6.02. The minimum absolute atomic E-state index is 0.499. The molecule has 0 saturated heterocycles. The van der Waals surface area contributed by atoms with Crippen molar-refractivity contribution in [1.82, 2.24) is 10.2 Å². The van der Waals surface area contributed by atoms with Crippen LogP contribution in [-0.2, 0) is 0 Å². The number of nitrogens with zero attached hydrogens (tertiary/aromatic N) is 2. The second-order valence-electron chi connectivity index (χ2n) is 2.57. The van der Waals surface area contributed by atoms with E-state index in [0.717, 1.165) is 18.6 Å². The standard InChI is InChI=1S/C8H5BrIN3S/c9-4-1-2-5(6(10)3-4)7-12-13-8(11)14-7/h1-3H,(H2,11,13). The van der Waals surface area contributed by atoms with E-state index in [4.69, 9.17) is 5.73 Å². The zero-order valence-corrected chi connectivity index (χ0v) is 11.4. The van der Waals surface area contributed by atoms with Gasteiger partial charge in [0.15, 0.2) is 5.01 Å². The molecule has 72 valence electrons. The number of halogens is 2. The summed E-state index contributed by atoms with van der Waals surface area (Å²) in [6.07, 6.45) is 0. The average Bonchev–Trinajstić information content (AvgIpc) is 2.51. The Kier molecular flexibility index (Phi) is 3.03. The second-order valence-corrected chi connectivity index (χ2v) is 5.66. The zero-order valence-electron chi connectivity index (χ0n) is 6.87. The molecule has 0 radical (unpaired) electrons. The predicted octanol–water partition coefficient (Wildman–Crippen LogP) is 3.15. The van der Waals surface area contributed by atoms with E-state index < -0.39 is 0 Å². The Bertz CT molecular complexity index is 471. The van der Waals surface area contributed by atoms with Crippen LogP contribution in [0.1, 0.15) is 0 Å². The van der Waals surface area contributed by atoms with E-state index in [2.05, 4.69) is 48.7 Å². The maximum Gasteiger partial charge on any atom is 0.203 e.